The van der Waals surface area contributed by atoms with E-state index in [2.05, 4.69) is 34.9 Å². The van der Waals surface area contributed by atoms with Gasteiger partial charge in [-0.25, -0.2) is 4.68 Å². The molecule has 0 fully saturated rings. The molecule has 1 aromatic heterocycles. The van der Waals surface area contributed by atoms with Crippen molar-refractivity contribution in [1.82, 2.24) is 9.78 Å². The van der Waals surface area contributed by atoms with Gasteiger partial charge in [-0.15, -0.1) is 0 Å². The molecule has 0 aliphatic rings. The zero-order chi connectivity index (χ0) is 14.2. The monoisotopic (exact) mass is 322 g/mol. The first-order valence-electron chi connectivity index (χ1n) is 6.48. The zero-order valence-corrected chi connectivity index (χ0v) is 13.3. The predicted molar refractivity (Wildman–Crippen MR) is 80.7 cm³/mol. The van der Waals surface area contributed by atoms with Gasteiger partial charge in [0.25, 0.3) is 0 Å². The quantitative estimate of drug-likeness (QED) is 0.931. The van der Waals surface area contributed by atoms with Crippen LogP contribution in [0.5, 0.6) is 0 Å². The lowest BCUT2D eigenvalue weighted by molar-refractivity contribution is 0.199. The van der Waals surface area contributed by atoms with Gasteiger partial charge in [0.05, 0.1) is 17.5 Å². The van der Waals surface area contributed by atoms with Crippen molar-refractivity contribution in [2.75, 3.05) is 0 Å². The van der Waals surface area contributed by atoms with Crippen molar-refractivity contribution < 1.29 is 5.11 Å². The van der Waals surface area contributed by atoms with E-state index in [0.717, 1.165) is 27.8 Å². The van der Waals surface area contributed by atoms with E-state index in [1.165, 1.54) is 11.3 Å². The van der Waals surface area contributed by atoms with Crippen LogP contribution in [0.3, 0.4) is 0 Å². The molecule has 0 saturated heterocycles. The third-order valence-electron chi connectivity index (χ3n) is 3.48. The molecule has 0 saturated carbocycles. The van der Waals surface area contributed by atoms with Crippen LogP contribution in [0, 0.1) is 13.8 Å². The van der Waals surface area contributed by atoms with Gasteiger partial charge in [0, 0.05) is 10.2 Å². The summed E-state index contributed by atoms with van der Waals surface area (Å²) in [4.78, 5) is 0. The highest BCUT2D eigenvalue weighted by Gasteiger charge is 2.14. The minimum Gasteiger partial charge on any atom is -0.389 e. The van der Waals surface area contributed by atoms with Crippen molar-refractivity contribution in [2.45, 2.75) is 40.2 Å². The van der Waals surface area contributed by atoms with Gasteiger partial charge in [0.2, 0.25) is 0 Å². The molecule has 2 rings (SSSR count). The number of rotatable bonds is 3. The van der Waals surface area contributed by atoms with E-state index in [-0.39, 0.29) is 0 Å². The van der Waals surface area contributed by atoms with Crippen LogP contribution in [0.25, 0.3) is 5.69 Å². The summed E-state index contributed by atoms with van der Waals surface area (Å²) in [5, 5.41) is 14.2. The van der Waals surface area contributed by atoms with Gasteiger partial charge < -0.3 is 5.11 Å². The van der Waals surface area contributed by atoms with Gasteiger partial charge >= 0.3 is 0 Å². The van der Waals surface area contributed by atoms with Crippen molar-refractivity contribution in [3.8, 4) is 5.69 Å². The number of aliphatic hydroxyl groups excluding tert-OH is 1. The van der Waals surface area contributed by atoms with E-state index in [1.54, 1.807) is 6.92 Å². The second kappa shape index (κ2) is 5.47. The van der Waals surface area contributed by atoms with E-state index in [1.807, 2.05) is 29.8 Å². The summed E-state index contributed by atoms with van der Waals surface area (Å²) < 4.78 is 2.91. The summed E-state index contributed by atoms with van der Waals surface area (Å²) in [7, 11) is 0. The SMILES string of the molecule is CCc1c(C)nn(-c2ccc([C@@H](C)O)cc2Br)c1C. The number of aryl methyl sites for hydroxylation is 1. The molecule has 0 bridgehead atoms. The average Bonchev–Trinajstić information content (AvgIpc) is 2.64. The highest BCUT2D eigenvalue weighted by atomic mass is 79.9. The topological polar surface area (TPSA) is 38.0 Å². The van der Waals surface area contributed by atoms with Crippen LogP contribution >= 0.6 is 15.9 Å². The van der Waals surface area contributed by atoms with Gasteiger partial charge in [-0.1, -0.05) is 13.0 Å². The van der Waals surface area contributed by atoms with Crippen molar-refractivity contribution in [3.05, 3.63) is 45.2 Å². The Morgan fingerprint density at radius 1 is 1.37 bits per heavy atom. The first-order chi connectivity index (χ1) is 8.95. The van der Waals surface area contributed by atoms with Crippen LogP contribution in [0.1, 0.15) is 42.5 Å². The third-order valence-corrected chi connectivity index (χ3v) is 4.11. The fourth-order valence-corrected chi connectivity index (χ4v) is 2.94. The van der Waals surface area contributed by atoms with Crippen molar-refractivity contribution in [3.63, 3.8) is 0 Å². The molecule has 19 heavy (non-hydrogen) atoms. The lowest BCUT2D eigenvalue weighted by Gasteiger charge is -2.11. The number of aromatic nitrogens is 2. The smallest absolute Gasteiger partial charge is 0.0791 e. The van der Waals surface area contributed by atoms with Crippen molar-refractivity contribution in [1.29, 1.82) is 0 Å². The van der Waals surface area contributed by atoms with Crippen LogP contribution in [0.15, 0.2) is 22.7 Å². The minimum atomic E-state index is -0.461. The first kappa shape index (κ1) is 14.3. The molecule has 2 aromatic rings. The van der Waals surface area contributed by atoms with Crippen LogP contribution in [0.2, 0.25) is 0 Å². The molecule has 1 atom stereocenters. The van der Waals surface area contributed by atoms with Crippen LogP contribution in [0.4, 0.5) is 0 Å². The molecule has 102 valence electrons. The van der Waals surface area contributed by atoms with E-state index in [4.69, 9.17) is 0 Å². The van der Waals surface area contributed by atoms with Crippen LogP contribution in [-0.2, 0) is 6.42 Å². The third kappa shape index (κ3) is 2.60. The molecule has 0 amide bonds. The number of aliphatic hydroxyl groups is 1. The summed E-state index contributed by atoms with van der Waals surface area (Å²) in [5.74, 6) is 0. The van der Waals surface area contributed by atoms with Gasteiger partial charge in [0.1, 0.15) is 0 Å². The Morgan fingerprint density at radius 3 is 2.53 bits per heavy atom. The highest BCUT2D eigenvalue weighted by Crippen LogP contribution is 2.27. The Balaban J connectivity index is 2.54. The number of halogens is 1. The molecule has 1 N–H and O–H groups in total. The summed E-state index contributed by atoms with van der Waals surface area (Å²) in [6, 6.07) is 5.87. The fraction of sp³-hybridized carbons (Fsp3) is 0.400. The standard InChI is InChI=1S/C15H19BrN2O/c1-5-13-9(2)17-18(10(13)3)15-7-6-12(11(4)19)8-14(15)16/h6-8,11,19H,5H2,1-4H3/t11-/m1/s1. The highest BCUT2D eigenvalue weighted by molar-refractivity contribution is 9.10. The Kier molecular flexibility index (Phi) is 4.11. The largest absolute Gasteiger partial charge is 0.389 e. The van der Waals surface area contributed by atoms with Crippen molar-refractivity contribution in [2.24, 2.45) is 0 Å². The number of nitrogens with zero attached hydrogens (tertiary/aromatic N) is 2. The predicted octanol–water partition coefficient (Wildman–Crippen LogP) is 3.87. The maximum atomic E-state index is 9.61. The van der Waals surface area contributed by atoms with Gasteiger partial charge in [-0.3, -0.25) is 0 Å². The summed E-state index contributed by atoms with van der Waals surface area (Å²) in [6.07, 6.45) is 0.526. The minimum absolute atomic E-state index is 0.461. The maximum Gasteiger partial charge on any atom is 0.0791 e. The molecule has 0 aliphatic heterocycles. The van der Waals surface area contributed by atoms with Crippen LogP contribution in [-0.4, -0.2) is 14.9 Å². The lowest BCUT2D eigenvalue weighted by Crippen LogP contribution is -2.02. The van der Waals surface area contributed by atoms with E-state index >= 15 is 0 Å². The maximum absolute atomic E-state index is 9.61. The Morgan fingerprint density at radius 2 is 2.05 bits per heavy atom. The second-order valence-corrected chi connectivity index (χ2v) is 5.66. The van der Waals surface area contributed by atoms with Crippen LogP contribution < -0.4 is 0 Å². The number of benzene rings is 1. The van der Waals surface area contributed by atoms with E-state index < -0.39 is 6.10 Å². The molecular weight excluding hydrogens is 304 g/mol. The molecule has 1 heterocycles. The molecule has 0 unspecified atom stereocenters. The Bertz CT molecular complexity index is 602. The first-order valence-corrected chi connectivity index (χ1v) is 7.28. The fourth-order valence-electron chi connectivity index (χ4n) is 2.38. The van der Waals surface area contributed by atoms with Gasteiger partial charge in [-0.2, -0.15) is 5.10 Å². The molecule has 0 radical (unpaired) electrons. The Hall–Kier alpha value is -1.13. The molecule has 4 heteroatoms. The van der Waals surface area contributed by atoms with Gasteiger partial charge in [0.15, 0.2) is 0 Å². The lowest BCUT2D eigenvalue weighted by atomic mass is 10.1. The van der Waals surface area contributed by atoms with Gasteiger partial charge in [-0.05, 0) is 66.4 Å². The zero-order valence-electron chi connectivity index (χ0n) is 11.7. The molecule has 1 aromatic carbocycles. The molecule has 0 spiro atoms. The molecular formula is C15H19BrN2O. The number of hydrogen-bond donors (Lipinski definition) is 1. The summed E-state index contributed by atoms with van der Waals surface area (Å²) >= 11 is 3.57. The van der Waals surface area contributed by atoms with Crippen molar-refractivity contribution >= 4 is 15.9 Å². The summed E-state index contributed by atoms with van der Waals surface area (Å²) in [6.45, 7) is 8.04. The van der Waals surface area contributed by atoms with E-state index in [0.29, 0.717) is 0 Å². The molecule has 0 aliphatic carbocycles. The number of hydrogen-bond acceptors (Lipinski definition) is 2. The summed E-state index contributed by atoms with van der Waals surface area (Å²) in [5.41, 5.74) is 5.45. The molecule has 3 nitrogen and oxygen atoms in total. The Labute approximate surface area is 122 Å². The normalized spacial score (nSPS) is 12.7. The second-order valence-electron chi connectivity index (χ2n) is 4.80. The average molecular weight is 323 g/mol. The van der Waals surface area contributed by atoms with E-state index in [9.17, 15) is 5.11 Å².